The second kappa shape index (κ2) is 8.36. The molecule has 0 saturated carbocycles. The van der Waals surface area contributed by atoms with Gasteiger partial charge in [-0.15, -0.1) is 0 Å². The molecule has 0 aliphatic carbocycles. The van der Waals surface area contributed by atoms with E-state index in [-0.39, 0.29) is 11.8 Å². The number of carbonyl (C=O) groups is 1. The van der Waals surface area contributed by atoms with Crippen LogP contribution in [0.25, 0.3) is 10.9 Å². The topological polar surface area (TPSA) is 58.0 Å². The molecule has 0 aliphatic heterocycles. The average Bonchev–Trinajstić information content (AvgIpc) is 3.38. The number of furan rings is 1. The standard InChI is InChI=1S/C23H21ClN2O2/c24-21-9-3-1-7-17(21)19(20-14-25-22-10-4-2-8-18(20)22)15-26-23(27)12-11-16-6-5-13-28-16/h1-10,13-14,19,25H,11-12,15H2,(H,26,27). The van der Waals surface area contributed by atoms with Crippen LogP contribution < -0.4 is 5.32 Å². The van der Waals surface area contributed by atoms with E-state index in [1.165, 1.54) is 0 Å². The zero-order chi connectivity index (χ0) is 19.3. The van der Waals surface area contributed by atoms with Gasteiger partial charge in [-0.05, 0) is 35.4 Å². The van der Waals surface area contributed by atoms with Gasteiger partial charge in [0.1, 0.15) is 5.76 Å². The van der Waals surface area contributed by atoms with E-state index in [0.29, 0.717) is 24.4 Å². The minimum absolute atomic E-state index is 0.00621. The maximum absolute atomic E-state index is 12.4. The molecule has 0 aliphatic rings. The summed E-state index contributed by atoms with van der Waals surface area (Å²) < 4.78 is 5.30. The van der Waals surface area contributed by atoms with Gasteiger partial charge >= 0.3 is 0 Å². The third kappa shape index (κ3) is 3.97. The number of fused-ring (bicyclic) bond motifs is 1. The van der Waals surface area contributed by atoms with Crippen LogP contribution in [0.1, 0.15) is 29.2 Å². The van der Waals surface area contributed by atoms with Gasteiger partial charge in [-0.1, -0.05) is 48.0 Å². The van der Waals surface area contributed by atoms with Crippen molar-refractivity contribution in [2.75, 3.05) is 6.54 Å². The summed E-state index contributed by atoms with van der Waals surface area (Å²) in [6, 6.07) is 19.7. The van der Waals surface area contributed by atoms with Crippen molar-refractivity contribution in [2.24, 2.45) is 0 Å². The number of para-hydroxylation sites is 1. The first kappa shape index (κ1) is 18.4. The molecule has 142 valence electrons. The Morgan fingerprint density at radius 1 is 1.04 bits per heavy atom. The Labute approximate surface area is 168 Å². The number of carbonyl (C=O) groups excluding carboxylic acids is 1. The fourth-order valence-electron chi connectivity index (χ4n) is 3.52. The van der Waals surface area contributed by atoms with Crippen molar-refractivity contribution < 1.29 is 9.21 Å². The van der Waals surface area contributed by atoms with Crippen LogP contribution in [-0.2, 0) is 11.2 Å². The maximum Gasteiger partial charge on any atom is 0.220 e. The van der Waals surface area contributed by atoms with E-state index < -0.39 is 0 Å². The van der Waals surface area contributed by atoms with Crippen LogP contribution in [-0.4, -0.2) is 17.4 Å². The Morgan fingerprint density at radius 2 is 1.86 bits per heavy atom. The third-order valence-corrected chi connectivity index (χ3v) is 5.30. The van der Waals surface area contributed by atoms with Gasteiger partial charge in [0.15, 0.2) is 0 Å². The molecule has 2 aromatic carbocycles. The van der Waals surface area contributed by atoms with E-state index >= 15 is 0 Å². The van der Waals surface area contributed by atoms with Crippen molar-refractivity contribution in [3.8, 4) is 0 Å². The van der Waals surface area contributed by atoms with Crippen LogP contribution in [0.3, 0.4) is 0 Å². The summed E-state index contributed by atoms with van der Waals surface area (Å²) in [4.78, 5) is 15.7. The Kier molecular flexibility index (Phi) is 5.49. The predicted molar refractivity (Wildman–Crippen MR) is 112 cm³/mol. The molecule has 1 amide bonds. The Balaban J connectivity index is 1.55. The van der Waals surface area contributed by atoms with E-state index in [4.69, 9.17) is 16.0 Å². The summed E-state index contributed by atoms with van der Waals surface area (Å²) in [7, 11) is 0. The largest absolute Gasteiger partial charge is 0.469 e. The van der Waals surface area contributed by atoms with Gasteiger partial charge in [0, 0.05) is 47.4 Å². The number of benzene rings is 2. The zero-order valence-electron chi connectivity index (χ0n) is 15.3. The van der Waals surface area contributed by atoms with Crippen molar-refractivity contribution in [1.29, 1.82) is 0 Å². The predicted octanol–water partition coefficient (Wildman–Crippen LogP) is 5.30. The van der Waals surface area contributed by atoms with E-state index in [2.05, 4.69) is 16.4 Å². The van der Waals surface area contributed by atoms with Crippen molar-refractivity contribution in [1.82, 2.24) is 10.3 Å². The van der Waals surface area contributed by atoms with E-state index in [0.717, 1.165) is 27.8 Å². The number of nitrogens with one attached hydrogen (secondary N) is 2. The van der Waals surface area contributed by atoms with Crippen molar-refractivity contribution >= 4 is 28.4 Å². The first-order valence-electron chi connectivity index (χ1n) is 9.32. The van der Waals surface area contributed by atoms with Gasteiger partial charge in [-0.25, -0.2) is 0 Å². The molecule has 2 N–H and O–H groups in total. The summed E-state index contributed by atoms with van der Waals surface area (Å²) in [6.45, 7) is 0.475. The summed E-state index contributed by atoms with van der Waals surface area (Å²) in [5.41, 5.74) is 3.19. The molecule has 2 aromatic heterocycles. The van der Waals surface area contributed by atoms with Gasteiger partial charge < -0.3 is 14.7 Å². The molecular weight excluding hydrogens is 372 g/mol. The second-order valence-corrected chi connectivity index (χ2v) is 7.15. The molecule has 0 fully saturated rings. The Morgan fingerprint density at radius 3 is 2.68 bits per heavy atom. The van der Waals surface area contributed by atoms with Crippen LogP contribution in [0.5, 0.6) is 0 Å². The molecule has 4 aromatic rings. The van der Waals surface area contributed by atoms with Crippen molar-refractivity contribution in [3.05, 3.63) is 95.0 Å². The molecule has 0 spiro atoms. The molecule has 4 rings (SSSR count). The van der Waals surface area contributed by atoms with Crippen molar-refractivity contribution in [2.45, 2.75) is 18.8 Å². The van der Waals surface area contributed by atoms with Gasteiger partial charge in [0.2, 0.25) is 5.91 Å². The monoisotopic (exact) mass is 392 g/mol. The molecule has 4 nitrogen and oxygen atoms in total. The van der Waals surface area contributed by atoms with Crippen LogP contribution in [0.4, 0.5) is 0 Å². The number of aromatic amines is 1. The summed E-state index contributed by atoms with van der Waals surface area (Å²) >= 11 is 6.50. The molecule has 1 unspecified atom stereocenters. The molecule has 0 bridgehead atoms. The molecule has 5 heteroatoms. The third-order valence-electron chi connectivity index (χ3n) is 4.96. The quantitative estimate of drug-likeness (QED) is 0.448. The number of hydrogen-bond donors (Lipinski definition) is 2. The number of halogens is 1. The fourth-order valence-corrected chi connectivity index (χ4v) is 3.79. The molecule has 0 saturated heterocycles. The van der Waals surface area contributed by atoms with Gasteiger partial charge in [-0.3, -0.25) is 4.79 Å². The Bertz CT molecular complexity index is 1070. The highest BCUT2D eigenvalue weighted by atomic mass is 35.5. The van der Waals surface area contributed by atoms with Crippen LogP contribution in [0.15, 0.2) is 77.5 Å². The fraction of sp³-hybridized carbons (Fsp3) is 0.174. The Hall–Kier alpha value is -2.98. The van der Waals surface area contributed by atoms with Gasteiger partial charge in [0.25, 0.3) is 0 Å². The second-order valence-electron chi connectivity index (χ2n) is 6.75. The number of rotatable bonds is 7. The highest BCUT2D eigenvalue weighted by Crippen LogP contribution is 2.34. The first-order chi connectivity index (χ1) is 13.7. The molecule has 1 atom stereocenters. The summed E-state index contributed by atoms with van der Waals surface area (Å²) in [6.07, 6.45) is 4.60. The normalized spacial score (nSPS) is 12.2. The molecular formula is C23H21ClN2O2. The van der Waals surface area contributed by atoms with Gasteiger partial charge in [0.05, 0.1) is 6.26 Å². The number of H-pyrrole nitrogens is 1. The average molecular weight is 393 g/mol. The first-order valence-corrected chi connectivity index (χ1v) is 9.69. The lowest BCUT2D eigenvalue weighted by Crippen LogP contribution is -2.29. The zero-order valence-corrected chi connectivity index (χ0v) is 16.1. The summed E-state index contributed by atoms with van der Waals surface area (Å²) in [5, 5.41) is 4.90. The van der Waals surface area contributed by atoms with E-state index in [1.807, 2.05) is 60.8 Å². The minimum atomic E-state index is -0.0441. The van der Waals surface area contributed by atoms with E-state index in [9.17, 15) is 4.79 Å². The smallest absolute Gasteiger partial charge is 0.220 e. The van der Waals surface area contributed by atoms with Gasteiger partial charge in [-0.2, -0.15) is 0 Å². The summed E-state index contributed by atoms with van der Waals surface area (Å²) in [5.74, 6) is 0.764. The highest BCUT2D eigenvalue weighted by Gasteiger charge is 2.21. The number of aromatic nitrogens is 1. The molecule has 28 heavy (non-hydrogen) atoms. The van der Waals surface area contributed by atoms with Crippen molar-refractivity contribution in [3.63, 3.8) is 0 Å². The maximum atomic E-state index is 12.4. The SMILES string of the molecule is O=C(CCc1ccco1)NCC(c1ccccc1Cl)c1c[nH]c2ccccc12. The number of aryl methyl sites for hydroxylation is 1. The van der Waals surface area contributed by atoms with Crippen LogP contribution >= 0.6 is 11.6 Å². The lowest BCUT2D eigenvalue weighted by atomic mass is 9.90. The lowest BCUT2D eigenvalue weighted by Gasteiger charge is -2.19. The molecule has 0 radical (unpaired) electrons. The lowest BCUT2D eigenvalue weighted by molar-refractivity contribution is -0.121. The van der Waals surface area contributed by atoms with Crippen LogP contribution in [0.2, 0.25) is 5.02 Å². The minimum Gasteiger partial charge on any atom is -0.469 e. The number of hydrogen-bond acceptors (Lipinski definition) is 2. The highest BCUT2D eigenvalue weighted by molar-refractivity contribution is 6.31. The van der Waals surface area contributed by atoms with E-state index in [1.54, 1.807) is 6.26 Å². The molecule has 2 heterocycles. The number of amides is 1. The van der Waals surface area contributed by atoms with Crippen LogP contribution in [0, 0.1) is 0 Å².